The SMILES string of the molecule is CC(CCBr)CCS(=O)(=O)c1ccc(Cl)cc1. The van der Waals surface area contributed by atoms with E-state index in [1.54, 1.807) is 24.3 Å². The molecule has 0 aliphatic rings. The number of hydrogen-bond donors (Lipinski definition) is 0. The van der Waals surface area contributed by atoms with E-state index in [1.807, 2.05) is 0 Å². The Kier molecular flexibility index (Phi) is 5.97. The van der Waals surface area contributed by atoms with Crippen LogP contribution in [0.15, 0.2) is 29.2 Å². The van der Waals surface area contributed by atoms with Gasteiger partial charge in [0, 0.05) is 10.4 Å². The number of halogens is 2. The van der Waals surface area contributed by atoms with E-state index in [0.717, 1.165) is 11.8 Å². The molecule has 0 saturated carbocycles. The zero-order valence-corrected chi connectivity index (χ0v) is 12.9. The van der Waals surface area contributed by atoms with Gasteiger partial charge in [0.1, 0.15) is 0 Å². The molecule has 17 heavy (non-hydrogen) atoms. The monoisotopic (exact) mass is 338 g/mol. The molecule has 2 nitrogen and oxygen atoms in total. The van der Waals surface area contributed by atoms with Crippen LogP contribution in [0, 0.1) is 5.92 Å². The lowest BCUT2D eigenvalue weighted by Gasteiger charge is -2.09. The molecule has 0 fully saturated rings. The summed E-state index contributed by atoms with van der Waals surface area (Å²) in [6.45, 7) is 2.07. The van der Waals surface area contributed by atoms with Crippen LogP contribution in [0.3, 0.4) is 0 Å². The second kappa shape index (κ2) is 6.76. The summed E-state index contributed by atoms with van der Waals surface area (Å²) in [7, 11) is -3.16. The molecule has 0 saturated heterocycles. The van der Waals surface area contributed by atoms with Crippen molar-refractivity contribution in [1.29, 1.82) is 0 Å². The van der Waals surface area contributed by atoms with Gasteiger partial charge in [-0.25, -0.2) is 8.42 Å². The minimum Gasteiger partial charge on any atom is -0.224 e. The van der Waals surface area contributed by atoms with Gasteiger partial charge in [0.25, 0.3) is 0 Å². The van der Waals surface area contributed by atoms with Crippen LogP contribution in [-0.4, -0.2) is 19.5 Å². The van der Waals surface area contributed by atoms with E-state index in [9.17, 15) is 8.42 Å². The molecule has 0 spiro atoms. The summed E-state index contributed by atoms with van der Waals surface area (Å²) >= 11 is 9.09. The van der Waals surface area contributed by atoms with Crippen molar-refractivity contribution in [1.82, 2.24) is 0 Å². The molecular weight excluding hydrogens is 324 g/mol. The van der Waals surface area contributed by atoms with Crippen molar-refractivity contribution in [2.75, 3.05) is 11.1 Å². The third-order valence-corrected chi connectivity index (χ3v) is 5.13. The van der Waals surface area contributed by atoms with Gasteiger partial charge >= 0.3 is 0 Å². The van der Waals surface area contributed by atoms with Gasteiger partial charge in [0.05, 0.1) is 10.6 Å². The molecule has 0 N–H and O–H groups in total. The first-order chi connectivity index (χ1) is 7.95. The summed E-state index contributed by atoms with van der Waals surface area (Å²) in [5.74, 6) is 0.611. The van der Waals surface area contributed by atoms with E-state index in [-0.39, 0.29) is 5.75 Å². The number of alkyl halides is 1. The van der Waals surface area contributed by atoms with Crippen molar-refractivity contribution in [2.45, 2.75) is 24.7 Å². The minimum atomic E-state index is -3.16. The number of benzene rings is 1. The third kappa shape index (κ3) is 4.98. The molecule has 1 aromatic carbocycles. The second-order valence-corrected chi connectivity index (χ2v) is 7.48. The lowest BCUT2D eigenvalue weighted by atomic mass is 10.1. The van der Waals surface area contributed by atoms with Crippen LogP contribution in [0.4, 0.5) is 0 Å². The van der Waals surface area contributed by atoms with Crippen molar-refractivity contribution < 1.29 is 8.42 Å². The zero-order chi connectivity index (χ0) is 12.9. The summed E-state index contributed by atoms with van der Waals surface area (Å²) in [5.41, 5.74) is 0. The van der Waals surface area contributed by atoms with Gasteiger partial charge in [-0.05, 0) is 43.0 Å². The van der Waals surface area contributed by atoms with E-state index in [4.69, 9.17) is 11.6 Å². The molecule has 1 aromatic rings. The first-order valence-corrected chi connectivity index (χ1v) is 8.65. The predicted molar refractivity (Wildman–Crippen MR) is 75.7 cm³/mol. The minimum absolute atomic E-state index is 0.197. The highest BCUT2D eigenvalue weighted by molar-refractivity contribution is 9.09. The highest BCUT2D eigenvalue weighted by atomic mass is 79.9. The van der Waals surface area contributed by atoms with Gasteiger partial charge in [-0.2, -0.15) is 0 Å². The maximum absolute atomic E-state index is 12.0. The highest BCUT2D eigenvalue weighted by Crippen LogP contribution is 2.18. The van der Waals surface area contributed by atoms with Gasteiger partial charge in [-0.3, -0.25) is 0 Å². The van der Waals surface area contributed by atoms with Crippen LogP contribution in [0.2, 0.25) is 5.02 Å². The van der Waals surface area contributed by atoms with Crippen molar-refractivity contribution in [3.05, 3.63) is 29.3 Å². The van der Waals surface area contributed by atoms with Gasteiger partial charge < -0.3 is 0 Å². The average molecular weight is 340 g/mol. The molecule has 0 bridgehead atoms. The molecule has 1 unspecified atom stereocenters. The number of hydrogen-bond acceptors (Lipinski definition) is 2. The normalized spacial score (nSPS) is 13.6. The van der Waals surface area contributed by atoms with E-state index >= 15 is 0 Å². The summed E-state index contributed by atoms with van der Waals surface area (Å²) in [4.78, 5) is 0.355. The lowest BCUT2D eigenvalue weighted by Crippen LogP contribution is -2.10. The van der Waals surface area contributed by atoms with E-state index in [2.05, 4.69) is 22.9 Å². The highest BCUT2D eigenvalue weighted by Gasteiger charge is 2.15. The fraction of sp³-hybridized carbons (Fsp3) is 0.500. The number of rotatable bonds is 6. The Balaban J connectivity index is 2.66. The van der Waals surface area contributed by atoms with Crippen LogP contribution in [0.25, 0.3) is 0 Å². The molecular formula is C12H16BrClO2S. The Morgan fingerprint density at radius 3 is 2.35 bits per heavy atom. The molecule has 0 heterocycles. The van der Waals surface area contributed by atoms with E-state index in [0.29, 0.717) is 22.3 Å². The van der Waals surface area contributed by atoms with Crippen LogP contribution < -0.4 is 0 Å². The summed E-state index contributed by atoms with van der Waals surface area (Å²) in [5, 5.41) is 1.46. The Labute approximate surface area is 116 Å². The van der Waals surface area contributed by atoms with Crippen molar-refractivity contribution in [3.8, 4) is 0 Å². The molecule has 5 heteroatoms. The fourth-order valence-electron chi connectivity index (χ4n) is 1.45. The molecule has 96 valence electrons. The Bertz CT molecular complexity index is 442. The van der Waals surface area contributed by atoms with Crippen molar-refractivity contribution in [3.63, 3.8) is 0 Å². The van der Waals surface area contributed by atoms with Crippen LogP contribution >= 0.6 is 27.5 Å². The summed E-state index contributed by atoms with van der Waals surface area (Å²) in [6.07, 6.45) is 1.69. The molecule has 1 rings (SSSR count). The number of sulfone groups is 1. The largest absolute Gasteiger partial charge is 0.224 e. The topological polar surface area (TPSA) is 34.1 Å². The first-order valence-electron chi connectivity index (χ1n) is 5.50. The standard InChI is InChI=1S/C12H16BrClO2S/c1-10(6-8-13)7-9-17(15,16)12-4-2-11(14)3-5-12/h2-5,10H,6-9H2,1H3. The first kappa shape index (κ1) is 15.0. The third-order valence-electron chi connectivity index (χ3n) is 2.65. The van der Waals surface area contributed by atoms with E-state index < -0.39 is 9.84 Å². The lowest BCUT2D eigenvalue weighted by molar-refractivity contribution is 0.536. The summed E-state index contributed by atoms with van der Waals surface area (Å²) < 4.78 is 24.0. The molecule has 0 amide bonds. The fourth-order valence-corrected chi connectivity index (χ4v) is 3.85. The van der Waals surface area contributed by atoms with Crippen LogP contribution in [0.5, 0.6) is 0 Å². The maximum Gasteiger partial charge on any atom is 0.178 e. The van der Waals surface area contributed by atoms with Crippen LogP contribution in [-0.2, 0) is 9.84 Å². The van der Waals surface area contributed by atoms with Gasteiger partial charge in [-0.1, -0.05) is 34.5 Å². The molecule has 1 atom stereocenters. The molecule has 0 radical (unpaired) electrons. The van der Waals surface area contributed by atoms with Crippen LogP contribution in [0.1, 0.15) is 19.8 Å². The Hall–Kier alpha value is -0.0600. The van der Waals surface area contributed by atoms with Gasteiger partial charge in [-0.15, -0.1) is 0 Å². The molecule has 0 aliphatic heterocycles. The summed E-state index contributed by atoms with van der Waals surface area (Å²) in [6, 6.07) is 6.34. The quantitative estimate of drug-likeness (QED) is 0.736. The molecule has 0 aliphatic carbocycles. The Morgan fingerprint density at radius 2 is 1.82 bits per heavy atom. The molecule has 0 aromatic heterocycles. The van der Waals surface area contributed by atoms with E-state index in [1.165, 1.54) is 0 Å². The van der Waals surface area contributed by atoms with Crippen molar-refractivity contribution in [2.24, 2.45) is 5.92 Å². The van der Waals surface area contributed by atoms with Crippen molar-refractivity contribution >= 4 is 37.4 Å². The Morgan fingerprint density at radius 1 is 1.24 bits per heavy atom. The average Bonchev–Trinajstić information content (AvgIpc) is 2.28. The smallest absolute Gasteiger partial charge is 0.178 e. The van der Waals surface area contributed by atoms with Gasteiger partial charge in [0.2, 0.25) is 0 Å². The zero-order valence-electron chi connectivity index (χ0n) is 9.70. The van der Waals surface area contributed by atoms with Gasteiger partial charge in [0.15, 0.2) is 9.84 Å². The predicted octanol–water partition coefficient (Wildman–Crippen LogP) is 3.92. The maximum atomic E-state index is 12.0. The second-order valence-electron chi connectivity index (χ2n) is 4.14.